The van der Waals surface area contributed by atoms with Crippen LogP contribution in [0.2, 0.25) is 10.0 Å². The van der Waals surface area contributed by atoms with E-state index in [2.05, 4.69) is 15.6 Å². The van der Waals surface area contributed by atoms with E-state index in [0.717, 1.165) is 34.5 Å². The minimum atomic E-state index is -0.517. The van der Waals surface area contributed by atoms with E-state index in [9.17, 15) is 4.79 Å². The standard InChI is InChI=1S/C29H27Cl2FN4O2S/c1-38-29(37)35-10-4-7-20(35)21-12-17-27(36(21)26-14-8-9-15(26)11-14)18-13-33-24(16-5-3-6-19(30)22(16)31)23(32)25(18)34-28(17)39-2/h3,5-6,12-15,20,26H,4,7-11H2,1-2H3/t14-,15+,20-,26-/m1/s1. The molecule has 1 aliphatic heterocycles. The van der Waals surface area contributed by atoms with Crippen LogP contribution in [0.3, 0.4) is 0 Å². The third-order valence-corrected chi connectivity index (χ3v) is 10.5. The molecule has 4 heterocycles. The van der Waals surface area contributed by atoms with Crippen LogP contribution in [0.4, 0.5) is 9.18 Å². The summed E-state index contributed by atoms with van der Waals surface area (Å²) in [4.78, 5) is 24.0. The number of nitrogens with zero attached hydrogens (tertiary/aromatic N) is 4. The Hall–Kier alpha value is -2.55. The van der Waals surface area contributed by atoms with E-state index in [1.807, 2.05) is 11.2 Å². The number of benzene rings is 1. The smallest absolute Gasteiger partial charge is 0.410 e. The largest absolute Gasteiger partial charge is 0.453 e. The first-order valence-electron chi connectivity index (χ1n) is 13.3. The van der Waals surface area contributed by atoms with Crippen molar-refractivity contribution in [1.82, 2.24) is 19.4 Å². The average molecular weight is 586 g/mol. The van der Waals surface area contributed by atoms with Crippen molar-refractivity contribution in [2.24, 2.45) is 11.8 Å². The van der Waals surface area contributed by atoms with Gasteiger partial charge in [0, 0.05) is 40.8 Å². The molecule has 0 N–H and O–H groups in total. The zero-order valence-electron chi connectivity index (χ0n) is 21.6. The molecule has 4 aromatic rings. The van der Waals surface area contributed by atoms with Crippen molar-refractivity contribution in [2.45, 2.75) is 49.2 Å². The van der Waals surface area contributed by atoms with Crippen LogP contribution in [0.5, 0.6) is 0 Å². The number of amides is 1. The number of hydrogen-bond donors (Lipinski definition) is 0. The Bertz CT molecular complexity index is 1650. The van der Waals surface area contributed by atoms with Gasteiger partial charge in [-0.05, 0) is 62.3 Å². The maximum absolute atomic E-state index is 16.3. The monoisotopic (exact) mass is 584 g/mol. The molecule has 1 aromatic carbocycles. The van der Waals surface area contributed by atoms with E-state index in [-0.39, 0.29) is 28.4 Å². The lowest BCUT2D eigenvalue weighted by Crippen LogP contribution is -2.35. The highest BCUT2D eigenvalue weighted by Gasteiger charge is 2.50. The maximum atomic E-state index is 16.3. The van der Waals surface area contributed by atoms with Gasteiger partial charge in [0.25, 0.3) is 0 Å². The van der Waals surface area contributed by atoms with Crippen LogP contribution < -0.4 is 0 Å². The Morgan fingerprint density at radius 2 is 1.97 bits per heavy atom. The van der Waals surface area contributed by atoms with Gasteiger partial charge in [0.05, 0.1) is 28.7 Å². The van der Waals surface area contributed by atoms with E-state index in [1.165, 1.54) is 38.1 Å². The summed E-state index contributed by atoms with van der Waals surface area (Å²) in [5.74, 6) is 0.651. The van der Waals surface area contributed by atoms with Gasteiger partial charge in [-0.25, -0.2) is 14.2 Å². The average Bonchev–Trinajstić information content (AvgIpc) is 3.74. The van der Waals surface area contributed by atoms with E-state index in [4.69, 9.17) is 32.9 Å². The highest BCUT2D eigenvalue weighted by molar-refractivity contribution is 7.98. The number of aromatic nitrogens is 3. The van der Waals surface area contributed by atoms with Crippen molar-refractivity contribution in [3.63, 3.8) is 0 Å². The third kappa shape index (κ3) is 3.71. The summed E-state index contributed by atoms with van der Waals surface area (Å²) in [7, 11) is 1.43. The zero-order valence-corrected chi connectivity index (χ0v) is 23.9. The zero-order chi connectivity index (χ0) is 27.0. The minimum Gasteiger partial charge on any atom is -0.453 e. The van der Waals surface area contributed by atoms with Gasteiger partial charge in [-0.2, -0.15) is 0 Å². The number of pyridine rings is 2. The predicted molar refractivity (Wildman–Crippen MR) is 153 cm³/mol. The number of likely N-dealkylation sites (tertiary alicyclic amines) is 1. The number of thioether (sulfide) groups is 1. The number of halogens is 3. The molecule has 4 atom stereocenters. The normalized spacial score (nSPS) is 24.1. The summed E-state index contributed by atoms with van der Waals surface area (Å²) in [6.07, 6.45) is 8.75. The molecule has 1 saturated heterocycles. The van der Waals surface area contributed by atoms with Gasteiger partial charge in [-0.1, -0.05) is 35.3 Å². The van der Waals surface area contributed by atoms with Crippen LogP contribution in [-0.4, -0.2) is 45.4 Å². The number of methoxy groups -OCH3 is 1. The molecular weight excluding hydrogens is 558 g/mol. The molecule has 10 heteroatoms. The molecule has 3 saturated carbocycles. The van der Waals surface area contributed by atoms with Crippen molar-refractivity contribution < 1.29 is 13.9 Å². The first-order chi connectivity index (χ1) is 18.9. The predicted octanol–water partition coefficient (Wildman–Crippen LogP) is 8.29. The lowest BCUT2D eigenvalue weighted by molar-refractivity contribution is 0.113. The van der Waals surface area contributed by atoms with Crippen molar-refractivity contribution in [2.75, 3.05) is 19.9 Å². The molecule has 4 fully saturated rings. The number of carbonyl (C=O) groups is 1. The number of fused-ring (bicyclic) bond motifs is 4. The fourth-order valence-corrected chi connectivity index (χ4v) is 8.15. The van der Waals surface area contributed by atoms with Crippen LogP contribution in [0.15, 0.2) is 35.5 Å². The second-order valence-electron chi connectivity index (χ2n) is 10.8. The van der Waals surface area contributed by atoms with Crippen molar-refractivity contribution >= 4 is 62.9 Å². The Kier molecular flexibility index (Phi) is 6.21. The number of ether oxygens (including phenoxy) is 1. The van der Waals surface area contributed by atoms with Gasteiger partial charge in [-0.3, -0.25) is 9.88 Å². The molecule has 202 valence electrons. The van der Waals surface area contributed by atoms with Crippen LogP contribution >= 0.6 is 35.0 Å². The summed E-state index contributed by atoms with van der Waals surface area (Å²) < 4.78 is 23.9. The molecule has 6 nitrogen and oxygen atoms in total. The van der Waals surface area contributed by atoms with E-state index in [1.54, 1.807) is 24.4 Å². The molecule has 0 spiro atoms. The molecule has 0 radical (unpaired) electrons. The maximum Gasteiger partial charge on any atom is 0.410 e. The van der Waals surface area contributed by atoms with Gasteiger partial charge < -0.3 is 9.30 Å². The highest BCUT2D eigenvalue weighted by atomic mass is 35.5. The molecule has 1 amide bonds. The van der Waals surface area contributed by atoms with Crippen LogP contribution in [0, 0.1) is 17.7 Å². The molecule has 0 unspecified atom stereocenters. The molecule has 4 aliphatic rings. The first-order valence-corrected chi connectivity index (χ1v) is 15.3. The molecule has 8 rings (SSSR count). The van der Waals surface area contributed by atoms with Crippen LogP contribution in [0.25, 0.3) is 33.1 Å². The minimum absolute atomic E-state index is 0.100. The quantitative estimate of drug-likeness (QED) is 0.226. The summed E-state index contributed by atoms with van der Waals surface area (Å²) in [5, 5.41) is 3.00. The van der Waals surface area contributed by atoms with Gasteiger partial charge in [0.2, 0.25) is 0 Å². The SMILES string of the molecule is COC(=O)N1CCC[C@@H]1c1cc2c(SC)nc3c(F)c(-c4cccc(Cl)c4Cl)ncc3c2n1[C@@H]1[C@@H]2CC[C@H]1C2. The molecule has 3 aliphatic carbocycles. The number of rotatable bonds is 4. The number of hydrogen-bond acceptors (Lipinski definition) is 5. The van der Waals surface area contributed by atoms with Crippen LogP contribution in [-0.2, 0) is 4.74 Å². The highest BCUT2D eigenvalue weighted by Crippen LogP contribution is 2.59. The summed E-state index contributed by atoms with van der Waals surface area (Å²) in [6, 6.07) is 7.52. The second-order valence-corrected chi connectivity index (χ2v) is 12.3. The topological polar surface area (TPSA) is 60.2 Å². The number of carbonyl (C=O) groups excluding carboxylic acids is 1. The van der Waals surface area contributed by atoms with E-state index in [0.29, 0.717) is 40.4 Å². The summed E-state index contributed by atoms with van der Waals surface area (Å²) in [6.45, 7) is 0.657. The van der Waals surface area contributed by atoms with Crippen LogP contribution in [0.1, 0.15) is 49.9 Å². The van der Waals surface area contributed by atoms with E-state index >= 15 is 4.39 Å². The van der Waals surface area contributed by atoms with Gasteiger partial charge in [0.15, 0.2) is 5.82 Å². The van der Waals surface area contributed by atoms with E-state index < -0.39 is 5.82 Å². The van der Waals surface area contributed by atoms with Gasteiger partial charge in [0.1, 0.15) is 16.2 Å². The summed E-state index contributed by atoms with van der Waals surface area (Å²) in [5.41, 5.74) is 2.86. The summed E-state index contributed by atoms with van der Waals surface area (Å²) >= 11 is 14.2. The van der Waals surface area contributed by atoms with Gasteiger partial charge in [-0.15, -0.1) is 11.8 Å². The fraction of sp³-hybridized carbons (Fsp3) is 0.414. The fourth-order valence-electron chi connectivity index (χ4n) is 7.21. The Morgan fingerprint density at radius 3 is 2.69 bits per heavy atom. The van der Waals surface area contributed by atoms with Crippen molar-refractivity contribution in [3.05, 3.63) is 52.0 Å². The molecule has 2 bridgehead atoms. The first kappa shape index (κ1) is 25.4. The Balaban J connectivity index is 1.52. The van der Waals surface area contributed by atoms with Crippen molar-refractivity contribution in [1.29, 1.82) is 0 Å². The van der Waals surface area contributed by atoms with Gasteiger partial charge >= 0.3 is 6.09 Å². The second kappa shape index (κ2) is 9.53. The lowest BCUT2D eigenvalue weighted by Gasteiger charge is -2.40. The molecule has 3 aromatic heterocycles. The Labute approximate surface area is 239 Å². The Morgan fingerprint density at radius 1 is 1.18 bits per heavy atom. The van der Waals surface area contributed by atoms with Crippen molar-refractivity contribution in [3.8, 4) is 11.3 Å². The lowest BCUT2D eigenvalue weighted by atomic mass is 9.78. The third-order valence-electron chi connectivity index (χ3n) is 8.94. The molecule has 39 heavy (non-hydrogen) atoms. The molecular formula is C29H27Cl2FN4O2S.